The molecule has 0 aliphatic carbocycles. The molecule has 2 rings (SSSR count). The average Bonchev–Trinajstić information content (AvgIpc) is 2.89. The van der Waals surface area contributed by atoms with Crippen LogP contribution in [0.1, 0.15) is 32.4 Å². The summed E-state index contributed by atoms with van der Waals surface area (Å²) >= 11 is 1.52. The van der Waals surface area contributed by atoms with E-state index in [9.17, 15) is 9.90 Å². The molecule has 1 fully saturated rings. The molecule has 0 bridgehead atoms. The van der Waals surface area contributed by atoms with Gasteiger partial charge in [0.05, 0.1) is 19.3 Å². The van der Waals surface area contributed by atoms with E-state index in [1.807, 2.05) is 37.6 Å². The molecule has 0 saturated carbocycles. The molecular formula is C14H21NO4S. The number of nitrogens with zero attached hydrogens (tertiary/aromatic N) is 1. The second-order valence-electron chi connectivity index (χ2n) is 5.82. The van der Waals surface area contributed by atoms with Crippen LogP contribution in [0.15, 0.2) is 16.8 Å². The van der Waals surface area contributed by atoms with E-state index in [0.717, 1.165) is 5.56 Å². The highest BCUT2D eigenvalue weighted by Crippen LogP contribution is 2.26. The van der Waals surface area contributed by atoms with Crippen LogP contribution in [-0.2, 0) is 9.47 Å². The predicted octanol–water partition coefficient (Wildman–Crippen LogP) is 2.42. The summed E-state index contributed by atoms with van der Waals surface area (Å²) in [6.45, 7) is 6.70. The maximum Gasteiger partial charge on any atom is 0.410 e. The van der Waals surface area contributed by atoms with Gasteiger partial charge in [-0.25, -0.2) is 4.79 Å². The molecule has 1 saturated heterocycles. The summed E-state index contributed by atoms with van der Waals surface area (Å²) in [4.78, 5) is 13.8. The summed E-state index contributed by atoms with van der Waals surface area (Å²) in [6, 6.07) is 1.45. The molecular weight excluding hydrogens is 278 g/mol. The van der Waals surface area contributed by atoms with Gasteiger partial charge in [-0.05, 0) is 43.2 Å². The number of rotatable bonds is 2. The summed E-state index contributed by atoms with van der Waals surface area (Å²) in [5.74, 6) is 0. The Morgan fingerprint density at radius 1 is 1.60 bits per heavy atom. The van der Waals surface area contributed by atoms with Gasteiger partial charge in [-0.1, -0.05) is 0 Å². The number of morpholine rings is 1. The molecule has 2 unspecified atom stereocenters. The lowest BCUT2D eigenvalue weighted by molar-refractivity contribution is -0.0671. The molecule has 0 spiro atoms. The van der Waals surface area contributed by atoms with Gasteiger partial charge in [0, 0.05) is 6.54 Å². The Hall–Kier alpha value is -1.11. The number of aliphatic hydroxyl groups excluding tert-OH is 1. The van der Waals surface area contributed by atoms with Crippen molar-refractivity contribution in [2.75, 3.05) is 19.8 Å². The van der Waals surface area contributed by atoms with Crippen LogP contribution in [0, 0.1) is 0 Å². The Morgan fingerprint density at radius 3 is 2.95 bits per heavy atom. The second-order valence-corrected chi connectivity index (χ2v) is 6.60. The molecule has 1 aromatic heterocycles. The number of hydrogen-bond acceptors (Lipinski definition) is 5. The van der Waals surface area contributed by atoms with Crippen molar-refractivity contribution in [3.8, 4) is 0 Å². The minimum Gasteiger partial charge on any atom is -0.444 e. The number of carbonyl (C=O) groups is 1. The first-order valence-corrected chi connectivity index (χ1v) is 7.60. The number of aliphatic hydroxyl groups is 1. The van der Waals surface area contributed by atoms with Crippen LogP contribution < -0.4 is 0 Å². The second kappa shape index (κ2) is 6.11. The van der Waals surface area contributed by atoms with Gasteiger partial charge in [-0.3, -0.25) is 4.90 Å². The highest BCUT2D eigenvalue weighted by molar-refractivity contribution is 7.07. The first-order chi connectivity index (χ1) is 9.38. The molecule has 1 aliphatic rings. The first-order valence-electron chi connectivity index (χ1n) is 6.66. The zero-order chi connectivity index (χ0) is 14.8. The van der Waals surface area contributed by atoms with Crippen molar-refractivity contribution < 1.29 is 19.4 Å². The summed E-state index contributed by atoms with van der Waals surface area (Å²) < 4.78 is 10.8. The van der Waals surface area contributed by atoms with E-state index in [0.29, 0.717) is 19.8 Å². The van der Waals surface area contributed by atoms with E-state index in [-0.39, 0.29) is 0 Å². The summed E-state index contributed by atoms with van der Waals surface area (Å²) in [6.07, 6.45) is -1.16. The highest BCUT2D eigenvalue weighted by Gasteiger charge is 2.36. The Kier molecular flexibility index (Phi) is 4.67. The monoisotopic (exact) mass is 299 g/mol. The fourth-order valence-corrected chi connectivity index (χ4v) is 2.79. The Morgan fingerprint density at radius 2 is 2.35 bits per heavy atom. The number of thiophene rings is 1. The summed E-state index contributed by atoms with van der Waals surface area (Å²) in [5.41, 5.74) is 0.256. The number of hydrogen-bond donors (Lipinski definition) is 1. The van der Waals surface area contributed by atoms with Crippen LogP contribution in [-0.4, -0.2) is 47.5 Å². The van der Waals surface area contributed by atoms with Crippen LogP contribution in [0.3, 0.4) is 0 Å². The molecule has 1 aromatic rings. The molecule has 2 atom stereocenters. The van der Waals surface area contributed by atoms with Crippen molar-refractivity contribution >= 4 is 17.4 Å². The van der Waals surface area contributed by atoms with Gasteiger partial charge in [-0.15, -0.1) is 0 Å². The highest BCUT2D eigenvalue weighted by atomic mass is 32.1. The Balaban J connectivity index is 2.11. The Labute approximate surface area is 123 Å². The summed E-state index contributed by atoms with van der Waals surface area (Å²) in [5, 5.41) is 14.2. The molecule has 5 nitrogen and oxygen atoms in total. The molecule has 1 N–H and O–H groups in total. The molecule has 2 heterocycles. The van der Waals surface area contributed by atoms with E-state index >= 15 is 0 Å². The zero-order valence-electron chi connectivity index (χ0n) is 12.0. The van der Waals surface area contributed by atoms with E-state index in [1.54, 1.807) is 4.90 Å². The van der Waals surface area contributed by atoms with Crippen LogP contribution >= 0.6 is 11.3 Å². The molecule has 6 heteroatoms. The smallest absolute Gasteiger partial charge is 0.410 e. The zero-order valence-corrected chi connectivity index (χ0v) is 12.9. The van der Waals surface area contributed by atoms with Crippen LogP contribution in [0.4, 0.5) is 4.79 Å². The van der Waals surface area contributed by atoms with Crippen molar-refractivity contribution in [1.29, 1.82) is 0 Å². The van der Waals surface area contributed by atoms with E-state index in [1.165, 1.54) is 11.3 Å². The van der Waals surface area contributed by atoms with E-state index < -0.39 is 23.8 Å². The van der Waals surface area contributed by atoms with Crippen molar-refractivity contribution in [2.24, 2.45) is 0 Å². The standard InChI is InChI=1S/C14H21NO4S/c1-14(2,3)19-13(17)15-5-6-18-8-11(15)12(16)10-4-7-20-9-10/h4,7,9,11-12,16H,5-6,8H2,1-3H3. The average molecular weight is 299 g/mol. The minimum atomic E-state index is -0.755. The van der Waals surface area contributed by atoms with Crippen molar-refractivity contribution in [3.63, 3.8) is 0 Å². The Bertz CT molecular complexity index is 441. The fourth-order valence-electron chi connectivity index (χ4n) is 2.10. The van der Waals surface area contributed by atoms with Gasteiger partial charge in [0.1, 0.15) is 11.7 Å². The topological polar surface area (TPSA) is 59.0 Å². The van der Waals surface area contributed by atoms with Gasteiger partial charge in [0.25, 0.3) is 0 Å². The van der Waals surface area contributed by atoms with Crippen molar-refractivity contribution in [3.05, 3.63) is 22.4 Å². The maximum atomic E-state index is 12.2. The van der Waals surface area contributed by atoms with E-state index in [4.69, 9.17) is 9.47 Å². The van der Waals surface area contributed by atoms with Gasteiger partial charge in [0.2, 0.25) is 0 Å². The quantitative estimate of drug-likeness (QED) is 0.911. The predicted molar refractivity (Wildman–Crippen MR) is 76.8 cm³/mol. The minimum absolute atomic E-state index is 0.316. The molecule has 112 valence electrons. The maximum absolute atomic E-state index is 12.2. The lowest BCUT2D eigenvalue weighted by atomic mass is 10.0. The molecule has 0 radical (unpaired) electrons. The molecule has 1 amide bonds. The SMILES string of the molecule is CC(C)(C)OC(=O)N1CCOCC1C(O)c1ccsc1. The third-order valence-electron chi connectivity index (χ3n) is 3.04. The lowest BCUT2D eigenvalue weighted by Gasteiger charge is -2.38. The molecule has 0 aromatic carbocycles. The first kappa shape index (κ1) is 15.3. The van der Waals surface area contributed by atoms with Gasteiger partial charge in [0.15, 0.2) is 0 Å². The van der Waals surface area contributed by atoms with Crippen molar-refractivity contribution in [2.45, 2.75) is 38.5 Å². The molecule has 20 heavy (non-hydrogen) atoms. The number of carbonyl (C=O) groups excluding carboxylic acids is 1. The third kappa shape index (κ3) is 3.71. The fraction of sp³-hybridized carbons (Fsp3) is 0.643. The normalized spacial score (nSPS) is 21.6. The lowest BCUT2D eigenvalue weighted by Crippen LogP contribution is -2.52. The number of amides is 1. The van der Waals surface area contributed by atoms with Crippen molar-refractivity contribution in [1.82, 2.24) is 4.90 Å². The molecule has 1 aliphatic heterocycles. The van der Waals surface area contributed by atoms with Gasteiger partial charge in [-0.2, -0.15) is 11.3 Å². The van der Waals surface area contributed by atoms with Crippen LogP contribution in [0.5, 0.6) is 0 Å². The van der Waals surface area contributed by atoms with Gasteiger partial charge >= 0.3 is 6.09 Å². The van der Waals surface area contributed by atoms with Crippen LogP contribution in [0.25, 0.3) is 0 Å². The van der Waals surface area contributed by atoms with E-state index in [2.05, 4.69) is 0 Å². The van der Waals surface area contributed by atoms with Crippen LogP contribution in [0.2, 0.25) is 0 Å². The third-order valence-corrected chi connectivity index (χ3v) is 3.74. The van der Waals surface area contributed by atoms with Gasteiger partial charge < -0.3 is 14.6 Å². The largest absolute Gasteiger partial charge is 0.444 e. The summed E-state index contributed by atoms with van der Waals surface area (Å²) in [7, 11) is 0. The number of ether oxygens (including phenoxy) is 2.